The number of benzene rings is 2. The molecule has 5 nitrogen and oxygen atoms in total. The van der Waals surface area contributed by atoms with E-state index in [1.807, 2.05) is 32.0 Å². The maximum Gasteiger partial charge on any atom is 0.257 e. The van der Waals surface area contributed by atoms with Gasteiger partial charge < -0.3 is 14.8 Å². The largest absolute Gasteiger partial charge is 0.454 e. The fourth-order valence-corrected chi connectivity index (χ4v) is 2.46. The van der Waals surface area contributed by atoms with Crippen LogP contribution in [0.15, 0.2) is 36.4 Å². The van der Waals surface area contributed by atoms with E-state index < -0.39 is 0 Å². The van der Waals surface area contributed by atoms with Crippen LogP contribution in [0.5, 0.6) is 11.5 Å². The number of rotatable bonds is 2. The Labute approximate surface area is 139 Å². The number of hydrogen-bond acceptors (Lipinski definition) is 4. The van der Waals surface area contributed by atoms with Crippen molar-refractivity contribution in [3.05, 3.63) is 53.1 Å². The van der Waals surface area contributed by atoms with Crippen LogP contribution in [0.2, 0.25) is 0 Å². The molecule has 2 N–H and O–H groups in total. The Morgan fingerprint density at radius 2 is 1.91 bits per heavy atom. The summed E-state index contributed by atoms with van der Waals surface area (Å²) in [4.78, 5) is 12.3. The van der Waals surface area contributed by atoms with E-state index in [0.29, 0.717) is 17.1 Å². The molecule has 1 aliphatic heterocycles. The van der Waals surface area contributed by atoms with E-state index in [1.165, 1.54) is 0 Å². The maximum atomic E-state index is 12.3. The molecule has 1 aliphatic rings. The standard InChI is InChI=1S/C17H16N2O3S/c1-10-4-3-5-13(11(10)2)18-17(23)19-16(20)12-6-7-14-15(8-12)22-9-21-14/h3-8H,9H2,1-2H3,(H2,18,19,20,23). The van der Waals surface area contributed by atoms with Crippen LogP contribution in [0.4, 0.5) is 5.69 Å². The van der Waals surface area contributed by atoms with Crippen molar-refractivity contribution >= 4 is 28.9 Å². The molecule has 2 aromatic rings. The molecule has 0 saturated heterocycles. The van der Waals surface area contributed by atoms with E-state index in [4.69, 9.17) is 21.7 Å². The highest BCUT2D eigenvalue weighted by Crippen LogP contribution is 2.32. The summed E-state index contributed by atoms with van der Waals surface area (Å²) in [6.45, 7) is 4.20. The first-order valence-corrected chi connectivity index (χ1v) is 7.53. The number of hydrogen-bond donors (Lipinski definition) is 2. The SMILES string of the molecule is Cc1cccc(NC(=S)NC(=O)c2ccc3c(c2)OCO3)c1C. The van der Waals surface area contributed by atoms with Gasteiger partial charge in [0.1, 0.15) is 0 Å². The second kappa shape index (κ2) is 6.26. The molecule has 0 saturated carbocycles. The maximum absolute atomic E-state index is 12.3. The van der Waals surface area contributed by atoms with Crippen LogP contribution in [-0.4, -0.2) is 17.8 Å². The summed E-state index contributed by atoms with van der Waals surface area (Å²) in [7, 11) is 0. The molecule has 23 heavy (non-hydrogen) atoms. The average molecular weight is 328 g/mol. The minimum atomic E-state index is -0.300. The normalized spacial score (nSPS) is 11.9. The Bertz CT molecular complexity index is 789. The van der Waals surface area contributed by atoms with E-state index in [9.17, 15) is 4.79 Å². The Hall–Kier alpha value is -2.60. The molecular formula is C17H16N2O3S. The highest BCUT2D eigenvalue weighted by Gasteiger charge is 2.17. The number of anilines is 1. The molecule has 0 unspecified atom stereocenters. The smallest absolute Gasteiger partial charge is 0.257 e. The van der Waals surface area contributed by atoms with Gasteiger partial charge in [0.05, 0.1) is 0 Å². The van der Waals surface area contributed by atoms with Crippen molar-refractivity contribution in [3.63, 3.8) is 0 Å². The number of carbonyl (C=O) groups is 1. The molecule has 6 heteroatoms. The van der Waals surface area contributed by atoms with Gasteiger partial charge in [-0.2, -0.15) is 0 Å². The monoisotopic (exact) mass is 328 g/mol. The third kappa shape index (κ3) is 3.27. The van der Waals surface area contributed by atoms with E-state index in [0.717, 1.165) is 16.8 Å². The number of aryl methyl sites for hydroxylation is 1. The van der Waals surface area contributed by atoms with E-state index in [2.05, 4.69) is 10.6 Å². The lowest BCUT2D eigenvalue weighted by molar-refractivity contribution is 0.0977. The van der Waals surface area contributed by atoms with Crippen molar-refractivity contribution in [2.75, 3.05) is 12.1 Å². The predicted molar refractivity (Wildman–Crippen MR) is 92.2 cm³/mol. The van der Waals surface area contributed by atoms with E-state index >= 15 is 0 Å². The van der Waals surface area contributed by atoms with E-state index in [1.54, 1.807) is 18.2 Å². The number of fused-ring (bicyclic) bond motifs is 1. The first-order chi connectivity index (χ1) is 11.0. The van der Waals surface area contributed by atoms with Crippen LogP contribution in [0.1, 0.15) is 21.5 Å². The molecule has 0 aromatic heterocycles. The van der Waals surface area contributed by atoms with Gasteiger partial charge in [-0.15, -0.1) is 0 Å². The van der Waals surface area contributed by atoms with Crippen LogP contribution in [-0.2, 0) is 0 Å². The van der Waals surface area contributed by atoms with Gasteiger partial charge in [0.25, 0.3) is 5.91 Å². The minimum Gasteiger partial charge on any atom is -0.454 e. The van der Waals surface area contributed by atoms with Gasteiger partial charge in [-0.1, -0.05) is 12.1 Å². The van der Waals surface area contributed by atoms with Crippen molar-refractivity contribution in [2.24, 2.45) is 0 Å². The summed E-state index contributed by atoms with van der Waals surface area (Å²) in [6, 6.07) is 10.9. The van der Waals surface area contributed by atoms with Gasteiger partial charge in [-0.05, 0) is 61.5 Å². The Morgan fingerprint density at radius 3 is 2.74 bits per heavy atom. The highest BCUT2D eigenvalue weighted by atomic mass is 32.1. The van der Waals surface area contributed by atoms with Crippen LogP contribution in [0.25, 0.3) is 0 Å². The number of carbonyl (C=O) groups excluding carboxylic acids is 1. The quantitative estimate of drug-likeness (QED) is 0.829. The van der Waals surface area contributed by atoms with Gasteiger partial charge in [-0.3, -0.25) is 10.1 Å². The Kier molecular flexibility index (Phi) is 4.16. The molecule has 2 aromatic carbocycles. The van der Waals surface area contributed by atoms with Crippen molar-refractivity contribution in [1.82, 2.24) is 5.32 Å². The molecule has 0 aliphatic carbocycles. The van der Waals surface area contributed by atoms with Crippen molar-refractivity contribution in [3.8, 4) is 11.5 Å². The molecular weight excluding hydrogens is 312 g/mol. The topological polar surface area (TPSA) is 59.6 Å². The molecule has 0 atom stereocenters. The van der Waals surface area contributed by atoms with Crippen LogP contribution in [0.3, 0.4) is 0 Å². The summed E-state index contributed by atoms with van der Waals surface area (Å²) in [6.07, 6.45) is 0. The van der Waals surface area contributed by atoms with Gasteiger partial charge in [0.2, 0.25) is 6.79 Å². The zero-order valence-corrected chi connectivity index (χ0v) is 13.6. The van der Waals surface area contributed by atoms with Crippen LogP contribution < -0.4 is 20.1 Å². The fourth-order valence-electron chi connectivity index (χ4n) is 2.25. The first kappa shape index (κ1) is 15.3. The minimum absolute atomic E-state index is 0.174. The molecule has 1 heterocycles. The summed E-state index contributed by atoms with van der Waals surface area (Å²) < 4.78 is 10.5. The van der Waals surface area contributed by atoms with Gasteiger partial charge in [0.15, 0.2) is 16.6 Å². The lowest BCUT2D eigenvalue weighted by Crippen LogP contribution is -2.34. The summed E-state index contributed by atoms with van der Waals surface area (Å²) in [5.74, 6) is 0.898. The third-order valence-electron chi connectivity index (χ3n) is 3.71. The molecule has 1 amide bonds. The zero-order valence-electron chi connectivity index (χ0n) is 12.8. The number of thiocarbonyl (C=S) groups is 1. The zero-order chi connectivity index (χ0) is 16.4. The number of amides is 1. The van der Waals surface area contributed by atoms with Gasteiger partial charge in [-0.25, -0.2) is 0 Å². The lowest BCUT2D eigenvalue weighted by Gasteiger charge is -2.13. The molecule has 0 radical (unpaired) electrons. The third-order valence-corrected chi connectivity index (χ3v) is 3.92. The second-order valence-corrected chi connectivity index (χ2v) is 5.63. The highest BCUT2D eigenvalue weighted by molar-refractivity contribution is 7.80. The van der Waals surface area contributed by atoms with Gasteiger partial charge >= 0.3 is 0 Å². The molecule has 118 valence electrons. The summed E-state index contributed by atoms with van der Waals surface area (Å²) in [5.41, 5.74) is 3.58. The molecule has 0 spiro atoms. The second-order valence-electron chi connectivity index (χ2n) is 5.22. The van der Waals surface area contributed by atoms with Crippen molar-refractivity contribution in [1.29, 1.82) is 0 Å². The Balaban J connectivity index is 1.68. The first-order valence-electron chi connectivity index (χ1n) is 7.13. The average Bonchev–Trinajstić information content (AvgIpc) is 2.99. The summed E-state index contributed by atoms with van der Waals surface area (Å²) >= 11 is 5.22. The van der Waals surface area contributed by atoms with Crippen molar-refractivity contribution < 1.29 is 14.3 Å². The Morgan fingerprint density at radius 1 is 1.13 bits per heavy atom. The molecule has 0 bridgehead atoms. The number of ether oxygens (including phenoxy) is 2. The number of nitrogens with one attached hydrogen (secondary N) is 2. The molecule has 3 rings (SSSR count). The van der Waals surface area contributed by atoms with Crippen LogP contribution in [0, 0.1) is 13.8 Å². The lowest BCUT2D eigenvalue weighted by atomic mass is 10.1. The predicted octanol–water partition coefficient (Wildman–Crippen LogP) is 3.16. The molecule has 0 fully saturated rings. The van der Waals surface area contributed by atoms with E-state index in [-0.39, 0.29) is 17.8 Å². The van der Waals surface area contributed by atoms with Gasteiger partial charge in [0, 0.05) is 11.3 Å². The fraction of sp³-hybridized carbons (Fsp3) is 0.176. The van der Waals surface area contributed by atoms with Crippen LogP contribution >= 0.6 is 12.2 Å². The summed E-state index contributed by atoms with van der Waals surface area (Å²) in [5, 5.41) is 5.97. The van der Waals surface area contributed by atoms with Crippen molar-refractivity contribution in [2.45, 2.75) is 13.8 Å².